The summed E-state index contributed by atoms with van der Waals surface area (Å²) in [6, 6.07) is 6.26. The molecule has 2 aromatic rings. The van der Waals surface area contributed by atoms with Crippen molar-refractivity contribution in [2.45, 2.75) is 25.8 Å². The maximum Gasteiger partial charge on any atom is 0.336 e. The van der Waals surface area contributed by atoms with Crippen LogP contribution in [0.2, 0.25) is 0 Å². The highest BCUT2D eigenvalue weighted by molar-refractivity contribution is 7.91. The summed E-state index contributed by atoms with van der Waals surface area (Å²) in [7, 11) is -1.47. The summed E-state index contributed by atoms with van der Waals surface area (Å²) in [6.45, 7) is 1.74. The van der Waals surface area contributed by atoms with Crippen molar-refractivity contribution in [3.05, 3.63) is 40.2 Å². The fraction of sp³-hybridized carbons (Fsp3) is 0.444. The number of aryl methyl sites for hydroxylation is 1. The van der Waals surface area contributed by atoms with Crippen LogP contribution >= 0.6 is 0 Å². The molecular weight excluding hydrogens is 358 g/mol. The van der Waals surface area contributed by atoms with Gasteiger partial charge in [-0.1, -0.05) is 6.92 Å². The number of benzene rings is 1. The van der Waals surface area contributed by atoms with Gasteiger partial charge in [-0.3, -0.25) is 4.79 Å². The Labute approximate surface area is 151 Å². The number of carbonyl (C=O) groups excluding carboxylic acids is 1. The van der Waals surface area contributed by atoms with Crippen LogP contribution in [0, 0.1) is 0 Å². The molecule has 0 bridgehead atoms. The van der Waals surface area contributed by atoms with Gasteiger partial charge in [0.25, 0.3) is 5.91 Å². The Bertz CT molecular complexity index is 994. The summed E-state index contributed by atoms with van der Waals surface area (Å²) in [6.07, 6.45) is 1.15. The second-order valence-electron chi connectivity index (χ2n) is 6.45. The number of likely N-dealkylation sites (N-methyl/N-ethyl adjacent to an activating group) is 1. The van der Waals surface area contributed by atoms with Gasteiger partial charge in [0.1, 0.15) is 11.3 Å². The van der Waals surface area contributed by atoms with Crippen LogP contribution in [0.3, 0.4) is 0 Å². The van der Waals surface area contributed by atoms with Crippen molar-refractivity contribution in [1.29, 1.82) is 0 Å². The van der Waals surface area contributed by atoms with Crippen molar-refractivity contribution in [3.8, 4) is 5.75 Å². The second kappa shape index (κ2) is 7.11. The largest absolute Gasteiger partial charge is 0.484 e. The molecule has 0 unspecified atom stereocenters. The highest BCUT2D eigenvalue weighted by atomic mass is 32.2. The molecule has 1 atom stereocenters. The van der Waals surface area contributed by atoms with E-state index in [-0.39, 0.29) is 30.1 Å². The summed E-state index contributed by atoms with van der Waals surface area (Å²) in [4.78, 5) is 25.3. The number of rotatable bonds is 5. The minimum Gasteiger partial charge on any atom is -0.484 e. The molecule has 1 aromatic heterocycles. The molecule has 0 saturated carbocycles. The molecule has 140 valence electrons. The molecule has 2 heterocycles. The van der Waals surface area contributed by atoms with Crippen molar-refractivity contribution >= 4 is 26.7 Å². The maximum atomic E-state index is 12.3. The second-order valence-corrected chi connectivity index (χ2v) is 8.68. The first-order chi connectivity index (χ1) is 12.3. The molecule has 7 nitrogen and oxygen atoms in total. The molecule has 1 saturated heterocycles. The van der Waals surface area contributed by atoms with E-state index in [1.54, 1.807) is 25.2 Å². The minimum atomic E-state index is -3.05. The van der Waals surface area contributed by atoms with Gasteiger partial charge in [0.15, 0.2) is 16.4 Å². The Kier molecular flexibility index (Phi) is 5.04. The fourth-order valence-electron chi connectivity index (χ4n) is 3.12. The monoisotopic (exact) mass is 379 g/mol. The average molecular weight is 379 g/mol. The standard InChI is InChI=1S/C18H21NO6S/c1-3-12-8-18(21)25-16-9-14(4-5-15(12)16)24-10-17(20)19(2)13-6-7-26(22,23)11-13/h4-5,8-9,13H,3,6-7,10-11H2,1-2H3/t13-/m1/s1. The van der Waals surface area contributed by atoms with Gasteiger partial charge in [-0.25, -0.2) is 13.2 Å². The van der Waals surface area contributed by atoms with Crippen LogP contribution in [0.25, 0.3) is 11.0 Å². The van der Waals surface area contributed by atoms with Crippen molar-refractivity contribution < 1.29 is 22.4 Å². The molecule has 3 rings (SSSR count). The molecule has 8 heteroatoms. The number of hydrogen-bond acceptors (Lipinski definition) is 6. The Balaban J connectivity index is 1.69. The number of hydrogen-bond donors (Lipinski definition) is 0. The van der Waals surface area contributed by atoms with Gasteiger partial charge >= 0.3 is 5.63 Å². The van der Waals surface area contributed by atoms with Gasteiger partial charge in [0, 0.05) is 30.6 Å². The third-order valence-electron chi connectivity index (χ3n) is 4.69. The van der Waals surface area contributed by atoms with E-state index in [4.69, 9.17) is 9.15 Å². The molecule has 0 spiro atoms. The first-order valence-electron chi connectivity index (χ1n) is 8.45. The maximum absolute atomic E-state index is 12.3. The molecule has 1 aliphatic rings. The lowest BCUT2D eigenvalue weighted by Gasteiger charge is -2.23. The lowest BCUT2D eigenvalue weighted by atomic mass is 10.1. The van der Waals surface area contributed by atoms with Crippen LogP contribution in [0.1, 0.15) is 18.9 Å². The van der Waals surface area contributed by atoms with Crippen LogP contribution < -0.4 is 10.4 Å². The van der Waals surface area contributed by atoms with E-state index >= 15 is 0 Å². The first-order valence-corrected chi connectivity index (χ1v) is 10.3. The molecule has 0 radical (unpaired) electrons. The Hall–Kier alpha value is -2.35. The highest BCUT2D eigenvalue weighted by Crippen LogP contribution is 2.23. The van der Waals surface area contributed by atoms with E-state index < -0.39 is 15.5 Å². The molecule has 1 fully saturated rings. The van der Waals surface area contributed by atoms with Crippen molar-refractivity contribution in [3.63, 3.8) is 0 Å². The van der Waals surface area contributed by atoms with Crippen LogP contribution in [0.4, 0.5) is 0 Å². The quantitative estimate of drug-likeness (QED) is 0.729. The SMILES string of the molecule is CCc1cc(=O)oc2cc(OCC(=O)N(C)[C@@H]3CCS(=O)(=O)C3)ccc12. The summed E-state index contributed by atoms with van der Waals surface area (Å²) < 4.78 is 33.8. The molecule has 0 N–H and O–H groups in total. The molecule has 26 heavy (non-hydrogen) atoms. The van der Waals surface area contributed by atoms with Crippen molar-refractivity contribution in [2.75, 3.05) is 25.2 Å². The molecular formula is C18H21NO6S. The number of carbonyl (C=O) groups is 1. The van der Waals surface area contributed by atoms with Crippen LogP contribution in [-0.4, -0.2) is 50.4 Å². The highest BCUT2D eigenvalue weighted by Gasteiger charge is 2.32. The van der Waals surface area contributed by atoms with E-state index in [1.807, 2.05) is 6.92 Å². The van der Waals surface area contributed by atoms with Gasteiger partial charge in [0.05, 0.1) is 11.5 Å². The number of nitrogens with zero attached hydrogens (tertiary/aromatic N) is 1. The number of fused-ring (bicyclic) bond motifs is 1. The van der Waals surface area contributed by atoms with E-state index in [0.717, 1.165) is 10.9 Å². The topological polar surface area (TPSA) is 93.9 Å². The van der Waals surface area contributed by atoms with Gasteiger partial charge in [-0.15, -0.1) is 0 Å². The van der Waals surface area contributed by atoms with Crippen molar-refractivity contribution in [1.82, 2.24) is 4.90 Å². The first kappa shape index (κ1) is 18.4. The lowest BCUT2D eigenvalue weighted by molar-refractivity contribution is -0.133. The van der Waals surface area contributed by atoms with Crippen molar-refractivity contribution in [2.24, 2.45) is 0 Å². The predicted molar refractivity (Wildman–Crippen MR) is 97.2 cm³/mol. The molecule has 1 amide bonds. The molecule has 1 aromatic carbocycles. The minimum absolute atomic E-state index is 0.00380. The number of sulfone groups is 1. The van der Waals surface area contributed by atoms with Gasteiger partial charge in [-0.05, 0) is 30.5 Å². The van der Waals surface area contributed by atoms with Gasteiger partial charge in [-0.2, -0.15) is 0 Å². The molecule has 1 aliphatic heterocycles. The smallest absolute Gasteiger partial charge is 0.336 e. The van der Waals surface area contributed by atoms with Crippen LogP contribution in [0.5, 0.6) is 5.75 Å². The Morgan fingerprint density at radius 2 is 2.12 bits per heavy atom. The summed E-state index contributed by atoms with van der Waals surface area (Å²) in [5.41, 5.74) is 0.875. The fourth-order valence-corrected chi connectivity index (χ4v) is 4.90. The predicted octanol–water partition coefficient (Wildman–Crippen LogP) is 1.38. The Morgan fingerprint density at radius 3 is 2.77 bits per heavy atom. The number of ether oxygens (including phenoxy) is 1. The zero-order valence-electron chi connectivity index (χ0n) is 14.7. The van der Waals surface area contributed by atoms with Crippen LogP contribution in [-0.2, 0) is 21.1 Å². The van der Waals surface area contributed by atoms with E-state index in [9.17, 15) is 18.0 Å². The summed E-state index contributed by atoms with van der Waals surface area (Å²) in [5, 5.41) is 0.832. The van der Waals surface area contributed by atoms with Gasteiger partial charge < -0.3 is 14.1 Å². The number of amides is 1. The van der Waals surface area contributed by atoms with E-state index in [0.29, 0.717) is 24.2 Å². The van der Waals surface area contributed by atoms with Gasteiger partial charge in [0.2, 0.25) is 0 Å². The molecule has 0 aliphatic carbocycles. The van der Waals surface area contributed by atoms with Crippen LogP contribution in [0.15, 0.2) is 33.5 Å². The third kappa shape index (κ3) is 3.90. The summed E-state index contributed by atoms with van der Waals surface area (Å²) in [5.74, 6) is 0.223. The summed E-state index contributed by atoms with van der Waals surface area (Å²) >= 11 is 0. The normalized spacial score (nSPS) is 18.8. The zero-order chi connectivity index (χ0) is 18.9. The van der Waals surface area contributed by atoms with E-state index in [2.05, 4.69) is 0 Å². The lowest BCUT2D eigenvalue weighted by Crippen LogP contribution is -2.40. The average Bonchev–Trinajstić information content (AvgIpc) is 2.97. The van der Waals surface area contributed by atoms with E-state index in [1.165, 1.54) is 11.0 Å². The Morgan fingerprint density at radius 1 is 1.35 bits per heavy atom. The third-order valence-corrected chi connectivity index (χ3v) is 6.44. The zero-order valence-corrected chi connectivity index (χ0v) is 15.5.